The van der Waals surface area contributed by atoms with Gasteiger partial charge in [0.15, 0.2) is 12.4 Å². The third kappa shape index (κ3) is 5.32. The van der Waals surface area contributed by atoms with Crippen LogP contribution < -0.4 is 14.8 Å². The Kier molecular flexibility index (Phi) is 6.23. The van der Waals surface area contributed by atoms with Crippen molar-refractivity contribution >= 4 is 23.3 Å². The molecule has 0 aromatic heterocycles. The Bertz CT molecular complexity index is 1070. The number of nitro groups is 1. The Morgan fingerprint density at radius 1 is 0.967 bits per heavy atom. The van der Waals surface area contributed by atoms with E-state index in [1.807, 2.05) is 30.3 Å². The predicted octanol–water partition coefficient (Wildman–Crippen LogP) is 4.10. The first kappa shape index (κ1) is 20.3. The number of carbonyl (C=O) groups is 2. The van der Waals surface area contributed by atoms with Gasteiger partial charge in [-0.25, -0.2) is 4.79 Å². The van der Waals surface area contributed by atoms with Crippen LogP contribution in [-0.4, -0.2) is 28.5 Å². The summed E-state index contributed by atoms with van der Waals surface area (Å²) in [6, 6.07) is 18.9. The van der Waals surface area contributed by atoms with Crippen molar-refractivity contribution in [1.29, 1.82) is 0 Å². The number of hydrogen-bond acceptors (Lipinski definition) is 6. The van der Waals surface area contributed by atoms with Crippen LogP contribution in [0.4, 0.5) is 11.4 Å². The minimum absolute atomic E-state index is 0.190. The Morgan fingerprint density at radius 2 is 1.63 bits per heavy atom. The van der Waals surface area contributed by atoms with Gasteiger partial charge >= 0.3 is 11.7 Å². The van der Waals surface area contributed by atoms with Crippen molar-refractivity contribution in [3.8, 4) is 17.2 Å². The quantitative estimate of drug-likeness (QED) is 0.424. The van der Waals surface area contributed by atoms with Gasteiger partial charge in [0.1, 0.15) is 11.5 Å². The van der Waals surface area contributed by atoms with Crippen LogP contribution in [0, 0.1) is 10.1 Å². The van der Waals surface area contributed by atoms with Gasteiger partial charge < -0.3 is 19.9 Å². The molecule has 1 amide bonds. The van der Waals surface area contributed by atoms with E-state index in [0.717, 1.165) is 18.2 Å². The number of nitrogens with one attached hydrogen (secondary N) is 1. The molecular weight excluding hydrogens is 392 g/mol. The Morgan fingerprint density at radius 3 is 2.27 bits per heavy atom. The van der Waals surface area contributed by atoms with Gasteiger partial charge in [0.25, 0.3) is 5.91 Å². The molecule has 0 fully saturated rings. The first-order valence-electron chi connectivity index (χ1n) is 8.70. The van der Waals surface area contributed by atoms with Crippen LogP contribution in [0.5, 0.6) is 17.2 Å². The monoisotopic (exact) mass is 408 g/mol. The predicted molar refractivity (Wildman–Crippen MR) is 107 cm³/mol. The Balaban J connectivity index is 1.60. The number of anilines is 1. The number of benzene rings is 3. The highest BCUT2D eigenvalue weighted by Crippen LogP contribution is 2.28. The van der Waals surface area contributed by atoms with E-state index in [9.17, 15) is 19.7 Å². The van der Waals surface area contributed by atoms with Crippen molar-refractivity contribution < 1.29 is 29.1 Å². The van der Waals surface area contributed by atoms with Gasteiger partial charge in [-0.2, -0.15) is 0 Å². The van der Waals surface area contributed by atoms with E-state index in [-0.39, 0.29) is 11.3 Å². The molecule has 0 aliphatic heterocycles. The molecule has 3 aromatic rings. The van der Waals surface area contributed by atoms with Gasteiger partial charge in [-0.15, -0.1) is 0 Å². The lowest BCUT2D eigenvalue weighted by Crippen LogP contribution is -2.20. The molecule has 3 aromatic carbocycles. The second-order valence-electron chi connectivity index (χ2n) is 6.02. The average Bonchev–Trinajstić information content (AvgIpc) is 2.74. The highest BCUT2D eigenvalue weighted by atomic mass is 16.6. The lowest BCUT2D eigenvalue weighted by molar-refractivity contribution is -0.385. The maximum atomic E-state index is 12.1. The molecule has 0 aliphatic rings. The summed E-state index contributed by atoms with van der Waals surface area (Å²) in [7, 11) is 0. The lowest BCUT2D eigenvalue weighted by atomic mass is 10.2. The first-order valence-corrected chi connectivity index (χ1v) is 8.70. The molecule has 9 nitrogen and oxygen atoms in total. The fourth-order valence-electron chi connectivity index (χ4n) is 2.48. The zero-order chi connectivity index (χ0) is 21.5. The minimum atomic E-state index is -1.27. The van der Waals surface area contributed by atoms with E-state index in [4.69, 9.17) is 14.6 Å². The number of carboxylic acid groups (broad SMARTS) is 1. The lowest BCUT2D eigenvalue weighted by Gasteiger charge is -2.10. The second kappa shape index (κ2) is 9.20. The Labute approximate surface area is 170 Å². The number of carboxylic acids is 1. The molecule has 0 radical (unpaired) electrons. The van der Waals surface area contributed by atoms with Gasteiger partial charge in [0.05, 0.1) is 10.5 Å². The van der Waals surface area contributed by atoms with Crippen LogP contribution in [0.3, 0.4) is 0 Å². The number of amides is 1. The SMILES string of the molecule is O=C(COc1cc(C(=O)O)ccc1[N+](=O)[O-])Nc1ccc(Oc2ccccc2)cc1. The Hall–Kier alpha value is -4.40. The summed E-state index contributed by atoms with van der Waals surface area (Å²) in [6.07, 6.45) is 0. The smallest absolute Gasteiger partial charge is 0.335 e. The number of rotatable bonds is 8. The number of aromatic carboxylic acids is 1. The van der Waals surface area contributed by atoms with E-state index in [1.54, 1.807) is 24.3 Å². The zero-order valence-corrected chi connectivity index (χ0v) is 15.5. The number of ether oxygens (including phenoxy) is 2. The molecule has 0 bridgehead atoms. The summed E-state index contributed by atoms with van der Waals surface area (Å²) in [6.45, 7) is -0.536. The van der Waals surface area contributed by atoms with Crippen LogP contribution in [0.1, 0.15) is 10.4 Å². The van der Waals surface area contributed by atoms with Crippen LogP contribution >= 0.6 is 0 Å². The summed E-state index contributed by atoms with van der Waals surface area (Å²) >= 11 is 0. The molecule has 0 atom stereocenters. The maximum absolute atomic E-state index is 12.1. The van der Waals surface area contributed by atoms with Crippen LogP contribution in [0.2, 0.25) is 0 Å². The number of nitrogens with zero attached hydrogens (tertiary/aromatic N) is 1. The van der Waals surface area contributed by atoms with E-state index in [1.165, 1.54) is 0 Å². The van der Waals surface area contributed by atoms with Gasteiger partial charge in [0.2, 0.25) is 0 Å². The summed E-state index contributed by atoms with van der Waals surface area (Å²) in [4.78, 5) is 33.5. The van der Waals surface area contributed by atoms with E-state index < -0.39 is 29.1 Å². The molecule has 0 aliphatic carbocycles. The molecule has 2 N–H and O–H groups in total. The highest BCUT2D eigenvalue weighted by molar-refractivity contribution is 5.92. The van der Waals surface area contributed by atoms with Crippen molar-refractivity contribution in [3.63, 3.8) is 0 Å². The van der Waals surface area contributed by atoms with Gasteiger partial charge in [-0.1, -0.05) is 18.2 Å². The first-order chi connectivity index (χ1) is 14.4. The van der Waals surface area contributed by atoms with E-state index >= 15 is 0 Å². The zero-order valence-electron chi connectivity index (χ0n) is 15.5. The molecule has 0 heterocycles. The summed E-state index contributed by atoms with van der Waals surface area (Å²) < 4.78 is 10.8. The summed E-state index contributed by atoms with van der Waals surface area (Å²) in [5, 5.41) is 22.7. The maximum Gasteiger partial charge on any atom is 0.335 e. The number of carbonyl (C=O) groups excluding carboxylic acids is 1. The molecule has 0 saturated heterocycles. The van der Waals surface area contributed by atoms with E-state index in [0.29, 0.717) is 17.2 Å². The van der Waals surface area contributed by atoms with Crippen molar-refractivity contribution in [2.75, 3.05) is 11.9 Å². The third-order valence-electron chi connectivity index (χ3n) is 3.88. The minimum Gasteiger partial charge on any atom is -0.478 e. The van der Waals surface area contributed by atoms with Crippen LogP contribution in [0.25, 0.3) is 0 Å². The second-order valence-corrected chi connectivity index (χ2v) is 6.02. The molecule has 152 valence electrons. The molecule has 3 rings (SSSR count). The molecule has 30 heavy (non-hydrogen) atoms. The van der Waals surface area contributed by atoms with Gasteiger partial charge in [0, 0.05) is 17.8 Å². The number of para-hydroxylation sites is 1. The van der Waals surface area contributed by atoms with E-state index in [2.05, 4.69) is 5.32 Å². The topological polar surface area (TPSA) is 128 Å². The molecular formula is C21H16N2O7. The molecule has 9 heteroatoms. The standard InChI is InChI=1S/C21H16N2O7/c24-20(13-29-19-12-14(21(25)26)6-11-18(19)23(27)28)22-15-7-9-17(10-8-15)30-16-4-2-1-3-5-16/h1-12H,13H2,(H,22,24)(H,25,26). The van der Waals surface area contributed by atoms with Gasteiger partial charge in [-0.05, 0) is 42.5 Å². The average molecular weight is 408 g/mol. The highest BCUT2D eigenvalue weighted by Gasteiger charge is 2.19. The number of nitro benzene ring substituents is 1. The van der Waals surface area contributed by atoms with Crippen molar-refractivity contribution in [2.24, 2.45) is 0 Å². The summed E-state index contributed by atoms with van der Waals surface area (Å²) in [5.74, 6) is -0.884. The summed E-state index contributed by atoms with van der Waals surface area (Å²) in [5.41, 5.74) is -0.155. The normalized spacial score (nSPS) is 10.1. The van der Waals surface area contributed by atoms with Gasteiger partial charge in [-0.3, -0.25) is 14.9 Å². The fourth-order valence-corrected chi connectivity index (χ4v) is 2.48. The van der Waals surface area contributed by atoms with Crippen molar-refractivity contribution in [2.45, 2.75) is 0 Å². The van der Waals surface area contributed by atoms with Crippen LogP contribution in [-0.2, 0) is 4.79 Å². The third-order valence-corrected chi connectivity index (χ3v) is 3.88. The fraction of sp³-hybridized carbons (Fsp3) is 0.0476. The molecule has 0 unspecified atom stereocenters. The van der Waals surface area contributed by atoms with Crippen molar-refractivity contribution in [3.05, 3.63) is 88.5 Å². The van der Waals surface area contributed by atoms with Crippen LogP contribution in [0.15, 0.2) is 72.8 Å². The molecule has 0 saturated carbocycles. The van der Waals surface area contributed by atoms with Crippen molar-refractivity contribution in [1.82, 2.24) is 0 Å². The largest absolute Gasteiger partial charge is 0.478 e. The molecule has 0 spiro atoms. The number of hydrogen-bond donors (Lipinski definition) is 2.